The van der Waals surface area contributed by atoms with Gasteiger partial charge in [0.05, 0.1) is 24.7 Å². The molecule has 0 saturated carbocycles. The molecule has 1 saturated heterocycles. The van der Waals surface area contributed by atoms with Crippen molar-refractivity contribution >= 4 is 40.4 Å². The van der Waals surface area contributed by atoms with E-state index in [0.29, 0.717) is 12.8 Å². The van der Waals surface area contributed by atoms with Crippen molar-refractivity contribution in [2.24, 2.45) is 0 Å². The van der Waals surface area contributed by atoms with Gasteiger partial charge in [-0.15, -0.1) is 0 Å². The fraction of sp³-hybridized carbons (Fsp3) is 0.457. The predicted molar refractivity (Wildman–Crippen MR) is 180 cm³/mol. The number of aromatic nitrogens is 1. The molecule has 3 aromatic rings. The molecule has 2 aromatic carbocycles. The number of halogens is 1. The van der Waals surface area contributed by atoms with E-state index in [2.05, 4.69) is 15.6 Å². The molecule has 1 aromatic heterocycles. The number of aromatic amines is 1. The van der Waals surface area contributed by atoms with E-state index in [0.717, 1.165) is 22.5 Å². The van der Waals surface area contributed by atoms with Crippen molar-refractivity contribution in [3.8, 4) is 5.75 Å². The zero-order valence-electron chi connectivity index (χ0n) is 28.3. The fourth-order valence-corrected chi connectivity index (χ4v) is 6.47. The number of carbonyl (C=O) groups excluding carboxylic acids is 5. The van der Waals surface area contributed by atoms with Crippen molar-refractivity contribution in [1.82, 2.24) is 35.2 Å². The summed E-state index contributed by atoms with van der Waals surface area (Å²) in [4.78, 5) is 75.9. The largest absolute Gasteiger partial charge is 0.491 e. The zero-order chi connectivity index (χ0) is 35.2. The Morgan fingerprint density at radius 1 is 1.08 bits per heavy atom. The van der Waals surface area contributed by atoms with Crippen LogP contribution < -0.4 is 15.4 Å². The highest BCUT2D eigenvalue weighted by atomic mass is 19.1. The first-order valence-electron chi connectivity index (χ1n) is 16.4. The number of hydrogen-bond acceptors (Lipinski definition) is 7. The standard InChI is InChI=1S/C35H44FN7O6/c1-40(2)19-31(44)39-24-16-25-21-49-30-11-9-23(36)15-27(30)35(48)42(4)29(10-12-32(45)41(3)20-33(46)43(25)18-24)34(47)37-14-13-22-17-38-28-8-6-5-7-26(22)28/h5-9,11,15,17,24-25,29,38H,10,12-14,16,18-21H2,1-4H3,(H,37,47)(H,39,44). The third-order valence-electron chi connectivity index (χ3n) is 9.05. The first-order valence-corrected chi connectivity index (χ1v) is 16.4. The van der Waals surface area contributed by atoms with Crippen LogP contribution in [0.3, 0.4) is 0 Å². The van der Waals surface area contributed by atoms with Crippen LogP contribution in [0.5, 0.6) is 5.75 Å². The summed E-state index contributed by atoms with van der Waals surface area (Å²) in [5.41, 5.74) is 1.91. The van der Waals surface area contributed by atoms with E-state index < -0.39 is 29.7 Å². The summed E-state index contributed by atoms with van der Waals surface area (Å²) in [5, 5.41) is 6.91. The predicted octanol–water partition coefficient (Wildman–Crippen LogP) is 1.38. The number of amides is 5. The third-order valence-corrected chi connectivity index (χ3v) is 9.05. The van der Waals surface area contributed by atoms with Crippen molar-refractivity contribution in [2.75, 3.05) is 61.0 Å². The molecule has 5 amide bonds. The van der Waals surface area contributed by atoms with Crippen molar-refractivity contribution in [3.05, 3.63) is 65.6 Å². The molecule has 5 rings (SSSR count). The molecule has 14 heteroatoms. The zero-order valence-corrected chi connectivity index (χ0v) is 28.3. The van der Waals surface area contributed by atoms with Crippen LogP contribution in [0.2, 0.25) is 0 Å². The third kappa shape index (κ3) is 8.55. The maximum absolute atomic E-state index is 14.6. The Morgan fingerprint density at radius 2 is 1.86 bits per heavy atom. The smallest absolute Gasteiger partial charge is 0.258 e. The Hall–Kier alpha value is -4.98. The number of hydrogen-bond donors (Lipinski definition) is 3. The Labute approximate surface area is 284 Å². The maximum atomic E-state index is 14.6. The summed E-state index contributed by atoms with van der Waals surface area (Å²) in [7, 11) is 6.52. The van der Waals surface area contributed by atoms with Gasteiger partial charge in [0, 0.05) is 56.7 Å². The highest BCUT2D eigenvalue weighted by molar-refractivity contribution is 5.99. The minimum Gasteiger partial charge on any atom is -0.491 e. The Kier molecular flexibility index (Phi) is 11.2. The molecule has 3 unspecified atom stereocenters. The van der Waals surface area contributed by atoms with Gasteiger partial charge in [-0.2, -0.15) is 0 Å². The van der Waals surface area contributed by atoms with E-state index in [1.165, 1.54) is 36.0 Å². The lowest BCUT2D eigenvalue weighted by Crippen LogP contribution is -2.49. The lowest BCUT2D eigenvalue weighted by molar-refractivity contribution is -0.140. The number of fused-ring (bicyclic) bond motifs is 3. The number of carbonyl (C=O) groups is 5. The molecule has 0 aliphatic carbocycles. The van der Waals surface area contributed by atoms with Crippen molar-refractivity contribution in [3.63, 3.8) is 0 Å². The van der Waals surface area contributed by atoms with Crippen LogP contribution in [-0.2, 0) is 25.6 Å². The van der Waals surface area contributed by atoms with E-state index >= 15 is 0 Å². The molecule has 3 atom stereocenters. The first kappa shape index (κ1) is 35.3. The topological polar surface area (TPSA) is 147 Å². The Bertz CT molecular complexity index is 1710. The van der Waals surface area contributed by atoms with Crippen LogP contribution in [0.1, 0.15) is 35.2 Å². The van der Waals surface area contributed by atoms with Crippen LogP contribution in [0.4, 0.5) is 4.39 Å². The van der Waals surface area contributed by atoms with Gasteiger partial charge in [0.2, 0.25) is 23.6 Å². The summed E-state index contributed by atoms with van der Waals surface area (Å²) in [6, 6.07) is 9.50. The Balaban J connectivity index is 1.36. The molecule has 49 heavy (non-hydrogen) atoms. The van der Waals surface area contributed by atoms with Crippen LogP contribution >= 0.6 is 0 Å². The average molecular weight is 678 g/mol. The summed E-state index contributed by atoms with van der Waals surface area (Å²) >= 11 is 0. The van der Waals surface area contributed by atoms with E-state index in [9.17, 15) is 28.4 Å². The maximum Gasteiger partial charge on any atom is 0.258 e. The number of nitrogens with zero attached hydrogens (tertiary/aromatic N) is 4. The van der Waals surface area contributed by atoms with Crippen LogP contribution in [0, 0.1) is 5.82 Å². The molecule has 3 heterocycles. The van der Waals surface area contributed by atoms with E-state index in [-0.39, 0.29) is 80.7 Å². The lowest BCUT2D eigenvalue weighted by Gasteiger charge is -2.28. The number of nitrogens with one attached hydrogen (secondary N) is 3. The SMILES string of the molecule is CN(C)CC(=O)NC1CC2COc3ccc(F)cc3C(=O)N(C)C(C(=O)NCCc3c[nH]c4ccccc34)CCC(=O)N(C)CC(=O)N2C1. The number of H-pyrrole nitrogens is 1. The number of rotatable bonds is 7. The molecule has 262 valence electrons. The molecule has 2 aliphatic heterocycles. The van der Waals surface area contributed by atoms with Gasteiger partial charge in [-0.25, -0.2) is 4.39 Å². The number of ether oxygens (including phenoxy) is 1. The normalized spacial score (nSPS) is 20.8. The van der Waals surface area contributed by atoms with Crippen molar-refractivity contribution in [1.29, 1.82) is 0 Å². The van der Waals surface area contributed by atoms with Crippen molar-refractivity contribution in [2.45, 2.75) is 43.8 Å². The van der Waals surface area contributed by atoms with Crippen LogP contribution in [0.25, 0.3) is 10.9 Å². The second kappa shape index (κ2) is 15.5. The number of benzene rings is 2. The molecule has 1 fully saturated rings. The van der Waals surface area contributed by atoms with E-state index in [1.807, 2.05) is 30.5 Å². The average Bonchev–Trinajstić information content (AvgIpc) is 3.66. The summed E-state index contributed by atoms with van der Waals surface area (Å²) in [6.07, 6.45) is 2.65. The monoisotopic (exact) mass is 677 g/mol. The molecule has 0 bridgehead atoms. The second-order valence-electron chi connectivity index (χ2n) is 13.0. The minimum atomic E-state index is -1.07. The van der Waals surface area contributed by atoms with Gasteiger partial charge in [0.15, 0.2) is 0 Å². The van der Waals surface area contributed by atoms with E-state index in [4.69, 9.17) is 4.74 Å². The Morgan fingerprint density at radius 3 is 2.63 bits per heavy atom. The molecule has 0 radical (unpaired) electrons. The second-order valence-corrected chi connectivity index (χ2v) is 13.0. The molecular weight excluding hydrogens is 633 g/mol. The van der Waals surface area contributed by atoms with Gasteiger partial charge in [0.25, 0.3) is 5.91 Å². The van der Waals surface area contributed by atoms with Gasteiger partial charge in [-0.05, 0) is 63.2 Å². The molecule has 0 spiro atoms. The van der Waals surface area contributed by atoms with Gasteiger partial charge < -0.3 is 40.0 Å². The summed E-state index contributed by atoms with van der Waals surface area (Å²) < 4.78 is 20.7. The summed E-state index contributed by atoms with van der Waals surface area (Å²) in [6.45, 7) is 0.416. The molecular formula is C35H44FN7O6. The number of likely N-dealkylation sites (N-methyl/N-ethyl adjacent to an activating group) is 3. The quantitative estimate of drug-likeness (QED) is 0.343. The fourth-order valence-electron chi connectivity index (χ4n) is 6.47. The number of para-hydroxylation sites is 1. The summed E-state index contributed by atoms with van der Waals surface area (Å²) in [5.74, 6) is -2.60. The van der Waals surface area contributed by atoms with Crippen molar-refractivity contribution < 1.29 is 33.1 Å². The highest BCUT2D eigenvalue weighted by Crippen LogP contribution is 2.26. The van der Waals surface area contributed by atoms with E-state index in [1.54, 1.807) is 23.9 Å². The van der Waals surface area contributed by atoms with Gasteiger partial charge in [-0.1, -0.05) is 18.2 Å². The highest BCUT2D eigenvalue weighted by Gasteiger charge is 2.38. The minimum absolute atomic E-state index is 0.0314. The first-order chi connectivity index (χ1) is 23.4. The lowest BCUT2D eigenvalue weighted by atomic mass is 10.1. The van der Waals surface area contributed by atoms with Gasteiger partial charge in [0.1, 0.15) is 24.2 Å². The van der Waals surface area contributed by atoms with Crippen LogP contribution in [-0.4, -0.2) is 133 Å². The molecule has 2 aliphatic rings. The molecule has 3 N–H and O–H groups in total. The van der Waals surface area contributed by atoms with Crippen LogP contribution in [0.15, 0.2) is 48.7 Å². The molecule has 13 nitrogen and oxygen atoms in total. The van der Waals surface area contributed by atoms with Gasteiger partial charge in [-0.3, -0.25) is 24.0 Å². The van der Waals surface area contributed by atoms with Gasteiger partial charge >= 0.3 is 0 Å².